The van der Waals surface area contributed by atoms with Crippen LogP contribution in [0, 0.1) is 0 Å². The molecule has 0 aliphatic heterocycles. The summed E-state index contributed by atoms with van der Waals surface area (Å²) in [6.07, 6.45) is -2.05. The minimum absolute atomic E-state index is 0.0205. The highest BCUT2D eigenvalue weighted by Crippen LogP contribution is 2.02. The van der Waals surface area contributed by atoms with Crippen LogP contribution in [0.1, 0.15) is 18.1 Å². The second-order valence-electron chi connectivity index (χ2n) is 6.29. The molecule has 2 aromatic rings. The van der Waals surface area contributed by atoms with E-state index in [-0.39, 0.29) is 13.2 Å². The SMILES string of the molecule is C[C@H](O)[C@H](NC(=O)OCc1ccccc1)C(=O)NCC(=O)OCc1ccccc1. The van der Waals surface area contributed by atoms with E-state index in [2.05, 4.69) is 10.6 Å². The number of aliphatic hydroxyl groups is 1. The number of rotatable bonds is 9. The monoisotopic (exact) mass is 400 g/mol. The van der Waals surface area contributed by atoms with Crippen LogP contribution < -0.4 is 10.6 Å². The maximum Gasteiger partial charge on any atom is 0.408 e. The van der Waals surface area contributed by atoms with Crippen molar-refractivity contribution in [2.24, 2.45) is 0 Å². The molecule has 0 spiro atoms. The Morgan fingerprint density at radius 1 is 0.897 bits per heavy atom. The summed E-state index contributed by atoms with van der Waals surface area (Å²) in [5.74, 6) is -1.37. The van der Waals surface area contributed by atoms with Crippen molar-refractivity contribution in [3.8, 4) is 0 Å². The van der Waals surface area contributed by atoms with Crippen molar-refractivity contribution in [3.63, 3.8) is 0 Å². The molecular formula is C21H24N2O6. The Morgan fingerprint density at radius 2 is 1.41 bits per heavy atom. The Labute approximate surface area is 168 Å². The molecule has 8 nitrogen and oxygen atoms in total. The fourth-order valence-corrected chi connectivity index (χ4v) is 2.36. The highest BCUT2D eigenvalue weighted by molar-refractivity contribution is 5.88. The van der Waals surface area contributed by atoms with Gasteiger partial charge in [-0.15, -0.1) is 0 Å². The van der Waals surface area contributed by atoms with Crippen LogP contribution in [0.5, 0.6) is 0 Å². The van der Waals surface area contributed by atoms with E-state index in [1.807, 2.05) is 24.3 Å². The Morgan fingerprint density at radius 3 is 1.93 bits per heavy atom. The first-order valence-corrected chi connectivity index (χ1v) is 9.08. The molecule has 0 bridgehead atoms. The first kappa shape index (κ1) is 21.9. The van der Waals surface area contributed by atoms with Gasteiger partial charge in [0.2, 0.25) is 5.91 Å². The van der Waals surface area contributed by atoms with E-state index in [0.29, 0.717) is 0 Å². The van der Waals surface area contributed by atoms with Gasteiger partial charge in [0, 0.05) is 0 Å². The first-order valence-electron chi connectivity index (χ1n) is 9.08. The molecule has 2 rings (SSSR count). The van der Waals surface area contributed by atoms with Gasteiger partial charge in [-0.3, -0.25) is 9.59 Å². The molecule has 29 heavy (non-hydrogen) atoms. The number of alkyl carbamates (subject to hydrolysis) is 1. The molecular weight excluding hydrogens is 376 g/mol. The highest BCUT2D eigenvalue weighted by Gasteiger charge is 2.26. The third-order valence-electron chi connectivity index (χ3n) is 3.90. The quantitative estimate of drug-likeness (QED) is 0.550. The van der Waals surface area contributed by atoms with Crippen LogP contribution in [0.3, 0.4) is 0 Å². The fourth-order valence-electron chi connectivity index (χ4n) is 2.36. The van der Waals surface area contributed by atoms with Crippen LogP contribution in [0.15, 0.2) is 60.7 Å². The summed E-state index contributed by atoms with van der Waals surface area (Å²) in [6, 6.07) is 16.8. The van der Waals surface area contributed by atoms with Crippen LogP contribution in [0.2, 0.25) is 0 Å². The number of carbonyl (C=O) groups is 3. The smallest absolute Gasteiger partial charge is 0.408 e. The first-order chi connectivity index (χ1) is 14.0. The number of ether oxygens (including phenoxy) is 2. The molecule has 0 radical (unpaired) electrons. The minimum atomic E-state index is -1.28. The normalized spacial score (nSPS) is 12.3. The molecule has 8 heteroatoms. The van der Waals surface area contributed by atoms with E-state index in [9.17, 15) is 19.5 Å². The van der Waals surface area contributed by atoms with Crippen LogP contribution in [0.25, 0.3) is 0 Å². The van der Waals surface area contributed by atoms with Gasteiger partial charge in [-0.05, 0) is 18.1 Å². The molecule has 154 valence electrons. The van der Waals surface area contributed by atoms with Gasteiger partial charge in [0.15, 0.2) is 0 Å². The van der Waals surface area contributed by atoms with Crippen molar-refractivity contribution in [1.29, 1.82) is 0 Å². The van der Waals surface area contributed by atoms with E-state index in [4.69, 9.17) is 9.47 Å². The lowest BCUT2D eigenvalue weighted by Gasteiger charge is -2.20. The largest absolute Gasteiger partial charge is 0.460 e. The fraction of sp³-hybridized carbons (Fsp3) is 0.286. The van der Waals surface area contributed by atoms with Crippen LogP contribution in [-0.4, -0.2) is 41.8 Å². The third kappa shape index (κ3) is 8.02. The Hall–Kier alpha value is -3.39. The minimum Gasteiger partial charge on any atom is -0.460 e. The molecule has 0 aliphatic carbocycles. The summed E-state index contributed by atoms with van der Waals surface area (Å²) >= 11 is 0. The molecule has 0 aliphatic rings. The predicted octanol–water partition coefficient (Wildman–Crippen LogP) is 1.52. The topological polar surface area (TPSA) is 114 Å². The molecule has 2 atom stereocenters. The van der Waals surface area contributed by atoms with Gasteiger partial charge in [-0.25, -0.2) is 4.79 Å². The van der Waals surface area contributed by atoms with Crippen molar-refractivity contribution in [3.05, 3.63) is 71.8 Å². The summed E-state index contributed by atoms with van der Waals surface area (Å²) in [6.45, 7) is 1.05. The maximum atomic E-state index is 12.2. The van der Waals surface area contributed by atoms with Gasteiger partial charge in [-0.2, -0.15) is 0 Å². The molecule has 2 amide bonds. The number of aliphatic hydroxyl groups excluding tert-OH is 1. The van der Waals surface area contributed by atoms with Gasteiger partial charge >= 0.3 is 12.1 Å². The van der Waals surface area contributed by atoms with Gasteiger partial charge < -0.3 is 25.2 Å². The molecule has 0 fully saturated rings. The molecule has 2 aromatic carbocycles. The molecule has 3 N–H and O–H groups in total. The van der Waals surface area contributed by atoms with Gasteiger partial charge in [0.05, 0.1) is 6.10 Å². The second-order valence-corrected chi connectivity index (χ2v) is 6.29. The maximum absolute atomic E-state index is 12.2. The Balaban J connectivity index is 1.76. The van der Waals surface area contributed by atoms with Crippen molar-refractivity contribution < 1.29 is 29.0 Å². The van der Waals surface area contributed by atoms with Gasteiger partial charge in [-0.1, -0.05) is 60.7 Å². The second kappa shape index (κ2) is 11.5. The zero-order valence-electron chi connectivity index (χ0n) is 16.0. The number of amides is 2. The summed E-state index contributed by atoms with van der Waals surface area (Å²) in [4.78, 5) is 35.9. The van der Waals surface area contributed by atoms with Gasteiger partial charge in [0.1, 0.15) is 25.8 Å². The molecule has 0 aromatic heterocycles. The van der Waals surface area contributed by atoms with Crippen molar-refractivity contribution >= 4 is 18.0 Å². The lowest BCUT2D eigenvalue weighted by atomic mass is 10.1. The third-order valence-corrected chi connectivity index (χ3v) is 3.90. The number of benzene rings is 2. The van der Waals surface area contributed by atoms with E-state index >= 15 is 0 Å². The average molecular weight is 400 g/mol. The summed E-state index contributed by atoms with van der Waals surface area (Å²) in [5, 5.41) is 14.4. The summed E-state index contributed by atoms with van der Waals surface area (Å²) in [5.41, 5.74) is 1.60. The van der Waals surface area contributed by atoms with Gasteiger partial charge in [0.25, 0.3) is 0 Å². The lowest BCUT2D eigenvalue weighted by Crippen LogP contribution is -2.53. The number of hydrogen-bond acceptors (Lipinski definition) is 6. The summed E-state index contributed by atoms with van der Waals surface area (Å²) < 4.78 is 10.1. The highest BCUT2D eigenvalue weighted by atomic mass is 16.5. The molecule has 0 unspecified atom stereocenters. The van der Waals surface area contributed by atoms with E-state index < -0.39 is 36.7 Å². The van der Waals surface area contributed by atoms with Crippen molar-refractivity contribution in [2.75, 3.05) is 6.54 Å². The van der Waals surface area contributed by atoms with Crippen LogP contribution in [0.4, 0.5) is 4.79 Å². The standard InChI is InChI=1S/C21H24N2O6/c1-15(24)19(23-21(27)29-14-17-10-6-3-7-11-17)20(26)22-12-18(25)28-13-16-8-4-2-5-9-16/h2-11,15,19,24H,12-14H2,1H3,(H,22,26)(H,23,27)/t15-,19-/m0/s1. The Bertz CT molecular complexity index is 795. The molecule has 0 heterocycles. The van der Waals surface area contributed by atoms with E-state index in [1.54, 1.807) is 36.4 Å². The van der Waals surface area contributed by atoms with E-state index in [0.717, 1.165) is 11.1 Å². The summed E-state index contributed by atoms with van der Waals surface area (Å²) in [7, 11) is 0. The Kier molecular flexibility index (Phi) is 8.65. The number of carbonyl (C=O) groups excluding carboxylic acids is 3. The van der Waals surface area contributed by atoms with Crippen molar-refractivity contribution in [1.82, 2.24) is 10.6 Å². The molecule has 0 saturated carbocycles. The number of nitrogens with one attached hydrogen (secondary N) is 2. The number of esters is 1. The molecule has 0 saturated heterocycles. The number of hydrogen-bond donors (Lipinski definition) is 3. The van der Waals surface area contributed by atoms with Crippen LogP contribution in [-0.2, 0) is 32.3 Å². The lowest BCUT2D eigenvalue weighted by molar-refractivity contribution is -0.145. The zero-order chi connectivity index (χ0) is 21.1. The van der Waals surface area contributed by atoms with Crippen molar-refractivity contribution in [2.45, 2.75) is 32.3 Å². The van der Waals surface area contributed by atoms with E-state index in [1.165, 1.54) is 6.92 Å². The van der Waals surface area contributed by atoms with Crippen LogP contribution >= 0.6 is 0 Å². The zero-order valence-corrected chi connectivity index (χ0v) is 16.0. The predicted molar refractivity (Wildman–Crippen MR) is 104 cm³/mol. The average Bonchev–Trinajstić information content (AvgIpc) is 2.74.